The van der Waals surface area contributed by atoms with Gasteiger partial charge in [-0.1, -0.05) is 30.3 Å². The summed E-state index contributed by atoms with van der Waals surface area (Å²) >= 11 is 0. The van der Waals surface area contributed by atoms with Gasteiger partial charge in [0, 0.05) is 10.9 Å². The number of methoxy groups -OCH3 is 1. The third kappa shape index (κ3) is 3.15. The van der Waals surface area contributed by atoms with Crippen LogP contribution in [-0.2, 0) is 4.79 Å². The molecule has 2 aromatic carbocycles. The van der Waals surface area contributed by atoms with E-state index in [0.29, 0.717) is 11.6 Å². The molecule has 5 nitrogen and oxygen atoms in total. The van der Waals surface area contributed by atoms with Crippen molar-refractivity contribution in [3.05, 3.63) is 54.6 Å². The molecule has 1 aromatic heterocycles. The Morgan fingerprint density at radius 2 is 1.92 bits per heavy atom. The second kappa shape index (κ2) is 6.58. The quantitative estimate of drug-likeness (QED) is 0.783. The molecule has 0 aliphatic carbocycles. The summed E-state index contributed by atoms with van der Waals surface area (Å²) in [5.41, 5.74) is 7.86. The highest BCUT2D eigenvalue weighted by Crippen LogP contribution is 2.33. The maximum Gasteiger partial charge on any atom is 0.258 e. The van der Waals surface area contributed by atoms with E-state index >= 15 is 0 Å². The summed E-state index contributed by atoms with van der Waals surface area (Å²) in [5.74, 6) is 0.591. The first-order valence-corrected chi connectivity index (χ1v) is 7.58. The predicted molar refractivity (Wildman–Crippen MR) is 93.0 cm³/mol. The zero-order valence-electron chi connectivity index (χ0n) is 13.5. The Balaban J connectivity index is 2.05. The van der Waals surface area contributed by atoms with Crippen LogP contribution < -0.4 is 15.2 Å². The van der Waals surface area contributed by atoms with E-state index in [1.807, 2.05) is 48.5 Å². The van der Waals surface area contributed by atoms with Crippen molar-refractivity contribution in [1.82, 2.24) is 4.98 Å². The average Bonchev–Trinajstić information content (AvgIpc) is 2.60. The van der Waals surface area contributed by atoms with Gasteiger partial charge in [-0.05, 0) is 36.8 Å². The number of rotatable bonds is 5. The highest BCUT2D eigenvalue weighted by atomic mass is 16.5. The van der Waals surface area contributed by atoms with Crippen molar-refractivity contribution in [3.8, 4) is 22.8 Å². The van der Waals surface area contributed by atoms with E-state index in [-0.39, 0.29) is 0 Å². The number of fused-ring (bicyclic) bond motifs is 1. The van der Waals surface area contributed by atoms with Gasteiger partial charge >= 0.3 is 0 Å². The van der Waals surface area contributed by atoms with Gasteiger partial charge in [0.25, 0.3) is 5.91 Å². The van der Waals surface area contributed by atoms with Crippen LogP contribution >= 0.6 is 0 Å². The van der Waals surface area contributed by atoms with Gasteiger partial charge in [0.2, 0.25) is 5.88 Å². The molecule has 0 unspecified atom stereocenters. The minimum atomic E-state index is -0.697. The number of ether oxygens (including phenoxy) is 2. The van der Waals surface area contributed by atoms with Gasteiger partial charge in [-0.2, -0.15) is 0 Å². The van der Waals surface area contributed by atoms with Gasteiger partial charge in [0.15, 0.2) is 6.10 Å². The van der Waals surface area contributed by atoms with Crippen LogP contribution in [0, 0.1) is 0 Å². The zero-order chi connectivity index (χ0) is 17.1. The molecule has 3 rings (SSSR count). The van der Waals surface area contributed by atoms with E-state index in [1.165, 1.54) is 0 Å². The zero-order valence-corrected chi connectivity index (χ0v) is 13.5. The standard InChI is InChI=1S/C19H18N2O3/c1-12(18(20)22)24-15-8-5-7-13(10-15)16-11-14-6-3-4-9-17(14)21-19(16)23-2/h3-12H,1-2H3,(H2,20,22)/t12-/m1/s1. The Kier molecular flexibility index (Phi) is 4.33. The number of benzene rings is 2. The number of carbonyl (C=O) groups is 1. The molecule has 0 radical (unpaired) electrons. The van der Waals surface area contributed by atoms with Crippen LogP contribution in [0.25, 0.3) is 22.0 Å². The minimum absolute atomic E-state index is 0.509. The van der Waals surface area contributed by atoms with Crippen molar-refractivity contribution in [2.75, 3.05) is 7.11 Å². The summed E-state index contributed by atoms with van der Waals surface area (Å²) in [6.45, 7) is 1.62. The van der Waals surface area contributed by atoms with Gasteiger partial charge in [-0.15, -0.1) is 0 Å². The topological polar surface area (TPSA) is 74.4 Å². The third-order valence-electron chi connectivity index (χ3n) is 3.74. The summed E-state index contributed by atoms with van der Waals surface area (Å²) < 4.78 is 11.0. The fourth-order valence-electron chi connectivity index (χ4n) is 2.46. The second-order valence-corrected chi connectivity index (χ2v) is 5.43. The van der Waals surface area contributed by atoms with Crippen LogP contribution in [0.1, 0.15) is 6.92 Å². The van der Waals surface area contributed by atoms with Crippen LogP contribution in [0.15, 0.2) is 54.6 Å². The normalized spacial score (nSPS) is 11.9. The number of nitrogens with two attached hydrogens (primary N) is 1. The average molecular weight is 322 g/mol. The van der Waals surface area contributed by atoms with Crippen LogP contribution in [0.4, 0.5) is 0 Å². The van der Waals surface area contributed by atoms with Crippen molar-refractivity contribution in [2.45, 2.75) is 13.0 Å². The fourth-order valence-corrected chi connectivity index (χ4v) is 2.46. The molecule has 1 amide bonds. The molecule has 0 fully saturated rings. The predicted octanol–water partition coefficient (Wildman–Crippen LogP) is 3.16. The number of hydrogen-bond donors (Lipinski definition) is 1. The number of pyridine rings is 1. The summed E-state index contributed by atoms with van der Waals surface area (Å²) in [4.78, 5) is 15.7. The van der Waals surface area contributed by atoms with Crippen molar-refractivity contribution in [1.29, 1.82) is 0 Å². The maximum atomic E-state index is 11.2. The molecule has 3 aromatic rings. The Hall–Kier alpha value is -3.08. The molecule has 0 saturated carbocycles. The lowest BCUT2D eigenvalue weighted by molar-refractivity contribution is -0.123. The van der Waals surface area contributed by atoms with Crippen molar-refractivity contribution >= 4 is 16.8 Å². The summed E-state index contributed by atoms with van der Waals surface area (Å²) in [6, 6.07) is 17.3. The van der Waals surface area contributed by atoms with E-state index in [4.69, 9.17) is 15.2 Å². The fraction of sp³-hybridized carbons (Fsp3) is 0.158. The van der Waals surface area contributed by atoms with E-state index in [0.717, 1.165) is 22.0 Å². The lowest BCUT2D eigenvalue weighted by Crippen LogP contribution is -2.30. The van der Waals surface area contributed by atoms with E-state index in [9.17, 15) is 4.79 Å². The first kappa shape index (κ1) is 15.8. The van der Waals surface area contributed by atoms with Gasteiger partial charge in [0.05, 0.1) is 12.6 Å². The minimum Gasteiger partial charge on any atom is -0.481 e. The Morgan fingerprint density at radius 3 is 2.67 bits per heavy atom. The van der Waals surface area contributed by atoms with E-state index in [1.54, 1.807) is 20.1 Å². The largest absolute Gasteiger partial charge is 0.481 e. The highest BCUT2D eigenvalue weighted by Gasteiger charge is 2.13. The first-order chi connectivity index (χ1) is 11.6. The van der Waals surface area contributed by atoms with Gasteiger partial charge in [0.1, 0.15) is 5.75 Å². The molecule has 5 heteroatoms. The van der Waals surface area contributed by atoms with Gasteiger partial charge in [-0.3, -0.25) is 4.79 Å². The van der Waals surface area contributed by atoms with Crippen LogP contribution in [-0.4, -0.2) is 24.1 Å². The Morgan fingerprint density at radius 1 is 1.12 bits per heavy atom. The first-order valence-electron chi connectivity index (χ1n) is 7.58. The van der Waals surface area contributed by atoms with Crippen molar-refractivity contribution < 1.29 is 14.3 Å². The van der Waals surface area contributed by atoms with Crippen molar-refractivity contribution in [2.24, 2.45) is 5.73 Å². The lowest BCUT2D eigenvalue weighted by Gasteiger charge is -2.13. The monoisotopic (exact) mass is 322 g/mol. The molecule has 0 aliphatic heterocycles. The molecule has 122 valence electrons. The van der Waals surface area contributed by atoms with Gasteiger partial charge in [-0.25, -0.2) is 4.98 Å². The number of primary amides is 1. The molecule has 0 saturated heterocycles. The molecule has 2 N–H and O–H groups in total. The van der Waals surface area contributed by atoms with E-state index < -0.39 is 12.0 Å². The number of para-hydroxylation sites is 1. The number of hydrogen-bond acceptors (Lipinski definition) is 4. The Bertz CT molecular complexity index is 893. The maximum absolute atomic E-state index is 11.2. The third-order valence-corrected chi connectivity index (χ3v) is 3.74. The van der Waals surface area contributed by atoms with Crippen molar-refractivity contribution in [3.63, 3.8) is 0 Å². The molecule has 24 heavy (non-hydrogen) atoms. The van der Waals surface area contributed by atoms with Crippen LogP contribution in [0.5, 0.6) is 11.6 Å². The van der Waals surface area contributed by atoms with E-state index in [2.05, 4.69) is 4.98 Å². The second-order valence-electron chi connectivity index (χ2n) is 5.43. The number of aromatic nitrogens is 1. The molecule has 1 heterocycles. The molecule has 0 bridgehead atoms. The molecular formula is C19H18N2O3. The summed E-state index contributed by atoms with van der Waals surface area (Å²) in [6.07, 6.45) is -0.697. The molecule has 1 atom stereocenters. The smallest absolute Gasteiger partial charge is 0.258 e. The summed E-state index contributed by atoms with van der Waals surface area (Å²) in [5, 5.41) is 1.02. The lowest BCUT2D eigenvalue weighted by atomic mass is 10.0. The number of carbonyl (C=O) groups excluding carboxylic acids is 1. The number of amides is 1. The molecule has 0 spiro atoms. The van der Waals surface area contributed by atoms with Crippen LogP contribution in [0.2, 0.25) is 0 Å². The van der Waals surface area contributed by atoms with Crippen LogP contribution in [0.3, 0.4) is 0 Å². The highest BCUT2D eigenvalue weighted by molar-refractivity contribution is 5.86. The number of nitrogens with zero attached hydrogens (tertiary/aromatic N) is 1. The Labute approximate surface area is 140 Å². The summed E-state index contributed by atoms with van der Waals surface area (Å²) in [7, 11) is 1.59. The molecule has 0 aliphatic rings. The van der Waals surface area contributed by atoms with Gasteiger partial charge < -0.3 is 15.2 Å². The SMILES string of the molecule is COc1nc2ccccc2cc1-c1cccc(O[C@H](C)C(N)=O)c1. The molecular weight excluding hydrogens is 304 g/mol.